The SMILES string of the molecule is CCCc1c(COC)cccc1OCc1ccc(C(=O)NCC)cc1C.CCNc1cc(C(CC)CCN)c(C#N)cc1F.O=C1CCCCN1. The highest BCUT2D eigenvalue weighted by molar-refractivity contribution is 5.94. The zero-order valence-corrected chi connectivity index (χ0v) is 31.4. The molecule has 0 spiro atoms. The first-order valence-corrected chi connectivity index (χ1v) is 18.2. The molecule has 1 atom stereocenters. The standard InChI is InChI=1S/C22H29NO3.C14H20FN3.C5H9NO/c1-5-8-20-19(14-25-4)9-7-10-21(20)26-15-18-12-11-17(13-16(18)3)22(24)23-6-2;1-3-10(5-6-16)12-8-14(18-4-2)13(15)7-11(12)9-17;7-5-3-1-2-4-6-5/h7,9-13H,5-6,8,14-15H2,1-4H3,(H,23,24);7-8,10,18H,3-6,16H2,1-2H3;1-4H2,(H,6,7). The average molecular weight is 704 g/mol. The number of halogens is 1. The molecular weight excluding hydrogens is 645 g/mol. The highest BCUT2D eigenvalue weighted by Crippen LogP contribution is 2.30. The quantitative estimate of drug-likeness (QED) is 0.127. The van der Waals surface area contributed by atoms with Crippen molar-refractivity contribution in [3.8, 4) is 11.8 Å². The number of benzene rings is 3. The Balaban J connectivity index is 0.000000309. The number of rotatable bonds is 15. The molecule has 4 rings (SSSR count). The molecule has 1 aliphatic heterocycles. The molecule has 1 aliphatic rings. The molecule has 9 nitrogen and oxygen atoms in total. The van der Waals surface area contributed by atoms with Crippen molar-refractivity contribution >= 4 is 17.5 Å². The molecule has 1 saturated heterocycles. The van der Waals surface area contributed by atoms with Crippen LogP contribution in [0.3, 0.4) is 0 Å². The van der Waals surface area contributed by atoms with Crippen molar-refractivity contribution < 1.29 is 23.5 Å². The van der Waals surface area contributed by atoms with Crippen LogP contribution in [-0.4, -0.2) is 45.1 Å². The number of ether oxygens (including phenoxy) is 2. The molecule has 3 aromatic rings. The summed E-state index contributed by atoms with van der Waals surface area (Å²) in [6.07, 6.45) is 6.68. The number of methoxy groups -OCH3 is 1. The van der Waals surface area contributed by atoms with Crippen LogP contribution in [0.5, 0.6) is 5.75 Å². The zero-order valence-electron chi connectivity index (χ0n) is 31.4. The van der Waals surface area contributed by atoms with Crippen molar-refractivity contribution in [1.29, 1.82) is 5.26 Å². The first kappa shape index (κ1) is 42.7. The summed E-state index contributed by atoms with van der Waals surface area (Å²) in [6, 6.07) is 17.0. The first-order valence-electron chi connectivity index (χ1n) is 18.2. The van der Waals surface area contributed by atoms with Gasteiger partial charge < -0.3 is 31.2 Å². The van der Waals surface area contributed by atoms with Gasteiger partial charge in [-0.2, -0.15) is 5.26 Å². The largest absolute Gasteiger partial charge is 0.489 e. The predicted molar refractivity (Wildman–Crippen MR) is 204 cm³/mol. The normalized spacial score (nSPS) is 12.6. The number of amides is 2. The van der Waals surface area contributed by atoms with E-state index >= 15 is 0 Å². The summed E-state index contributed by atoms with van der Waals surface area (Å²) in [7, 11) is 1.71. The van der Waals surface area contributed by atoms with Gasteiger partial charge in [0.05, 0.1) is 23.9 Å². The Labute approximate surface area is 304 Å². The number of nitrogens with zero attached hydrogens (tertiary/aromatic N) is 1. The summed E-state index contributed by atoms with van der Waals surface area (Å²) in [4.78, 5) is 22.3. The number of nitriles is 1. The minimum atomic E-state index is -0.375. The fraction of sp³-hybridized carbons (Fsp3) is 0.488. The Morgan fingerprint density at radius 1 is 1.06 bits per heavy atom. The lowest BCUT2D eigenvalue weighted by Gasteiger charge is -2.18. The van der Waals surface area contributed by atoms with Gasteiger partial charge in [-0.3, -0.25) is 9.59 Å². The average Bonchev–Trinajstić information content (AvgIpc) is 3.13. The van der Waals surface area contributed by atoms with E-state index < -0.39 is 0 Å². The number of piperidine rings is 1. The van der Waals surface area contributed by atoms with Gasteiger partial charge in [0.2, 0.25) is 5.91 Å². The molecule has 10 heteroatoms. The van der Waals surface area contributed by atoms with Gasteiger partial charge in [-0.25, -0.2) is 4.39 Å². The maximum atomic E-state index is 13.7. The number of hydrogen-bond donors (Lipinski definition) is 4. The number of nitrogens with two attached hydrogens (primary N) is 1. The Hall–Kier alpha value is -4.46. The van der Waals surface area contributed by atoms with Gasteiger partial charge in [0.15, 0.2) is 0 Å². The number of hydrogen-bond acceptors (Lipinski definition) is 7. The fourth-order valence-corrected chi connectivity index (χ4v) is 5.85. The molecular formula is C41H58FN5O4. The maximum Gasteiger partial charge on any atom is 0.251 e. The summed E-state index contributed by atoms with van der Waals surface area (Å²) in [5, 5.41) is 17.6. The summed E-state index contributed by atoms with van der Waals surface area (Å²) >= 11 is 0. The van der Waals surface area contributed by atoms with E-state index in [1.165, 1.54) is 17.2 Å². The Morgan fingerprint density at radius 3 is 2.39 bits per heavy atom. The molecule has 5 N–H and O–H groups in total. The Bertz CT molecular complexity index is 1560. The summed E-state index contributed by atoms with van der Waals surface area (Å²) in [6.45, 7) is 13.9. The summed E-state index contributed by atoms with van der Waals surface area (Å²) in [5.74, 6) is 0.919. The second kappa shape index (κ2) is 23.9. The van der Waals surface area contributed by atoms with Crippen molar-refractivity contribution in [2.75, 3.05) is 38.6 Å². The van der Waals surface area contributed by atoms with Crippen molar-refractivity contribution in [2.24, 2.45) is 5.73 Å². The van der Waals surface area contributed by atoms with Gasteiger partial charge in [0.25, 0.3) is 5.91 Å². The molecule has 1 fully saturated rings. The van der Waals surface area contributed by atoms with Gasteiger partial charge in [-0.05, 0) is 123 Å². The van der Waals surface area contributed by atoms with Crippen LogP contribution in [0.1, 0.15) is 116 Å². The monoisotopic (exact) mass is 703 g/mol. The molecule has 0 saturated carbocycles. The van der Waals surface area contributed by atoms with E-state index in [0.29, 0.717) is 49.7 Å². The lowest BCUT2D eigenvalue weighted by Crippen LogP contribution is -2.28. The second-order valence-electron chi connectivity index (χ2n) is 12.4. The zero-order chi connectivity index (χ0) is 37.6. The van der Waals surface area contributed by atoms with Crippen molar-refractivity contribution in [3.05, 3.63) is 93.3 Å². The van der Waals surface area contributed by atoms with E-state index in [2.05, 4.69) is 41.9 Å². The van der Waals surface area contributed by atoms with E-state index in [-0.39, 0.29) is 23.5 Å². The van der Waals surface area contributed by atoms with E-state index in [0.717, 1.165) is 73.9 Å². The third-order valence-electron chi connectivity index (χ3n) is 8.58. The van der Waals surface area contributed by atoms with Crippen LogP contribution in [0, 0.1) is 24.1 Å². The molecule has 2 amide bonds. The van der Waals surface area contributed by atoms with Crippen LogP contribution in [0.4, 0.5) is 10.1 Å². The first-order chi connectivity index (χ1) is 24.7. The molecule has 0 radical (unpaired) electrons. The fourth-order valence-electron chi connectivity index (χ4n) is 5.85. The molecule has 0 aromatic heterocycles. The highest BCUT2D eigenvalue weighted by Gasteiger charge is 2.17. The second-order valence-corrected chi connectivity index (χ2v) is 12.4. The lowest BCUT2D eigenvalue weighted by molar-refractivity contribution is -0.122. The number of carbonyl (C=O) groups is 2. The third-order valence-corrected chi connectivity index (χ3v) is 8.58. The number of anilines is 1. The summed E-state index contributed by atoms with van der Waals surface area (Å²) < 4.78 is 25.2. The number of carbonyl (C=O) groups excluding carboxylic acids is 2. The van der Waals surface area contributed by atoms with Gasteiger partial charge >= 0.3 is 0 Å². The van der Waals surface area contributed by atoms with Gasteiger partial charge in [0.1, 0.15) is 18.2 Å². The number of nitrogens with one attached hydrogen (secondary N) is 3. The molecule has 0 aliphatic carbocycles. The van der Waals surface area contributed by atoms with Crippen LogP contribution in [-0.2, 0) is 29.2 Å². The van der Waals surface area contributed by atoms with Gasteiger partial charge in [-0.1, -0.05) is 38.5 Å². The van der Waals surface area contributed by atoms with Crippen molar-refractivity contribution in [3.63, 3.8) is 0 Å². The summed E-state index contributed by atoms with van der Waals surface area (Å²) in [5.41, 5.74) is 12.6. The van der Waals surface area contributed by atoms with Crippen LogP contribution in [0.2, 0.25) is 0 Å². The molecule has 0 bridgehead atoms. The van der Waals surface area contributed by atoms with Crippen molar-refractivity contribution in [2.45, 2.75) is 98.7 Å². The number of aryl methyl sites for hydroxylation is 1. The topological polar surface area (TPSA) is 138 Å². The van der Waals surface area contributed by atoms with Crippen molar-refractivity contribution in [1.82, 2.24) is 10.6 Å². The minimum Gasteiger partial charge on any atom is -0.489 e. The minimum absolute atomic E-state index is 0.0411. The highest BCUT2D eigenvalue weighted by atomic mass is 19.1. The van der Waals surface area contributed by atoms with E-state index in [1.807, 2.05) is 51.1 Å². The molecule has 1 unspecified atom stereocenters. The van der Waals surface area contributed by atoms with E-state index in [1.54, 1.807) is 13.2 Å². The van der Waals surface area contributed by atoms with Crippen LogP contribution < -0.4 is 26.4 Å². The van der Waals surface area contributed by atoms with E-state index in [9.17, 15) is 14.0 Å². The smallest absolute Gasteiger partial charge is 0.251 e. The third kappa shape index (κ3) is 14.0. The Kier molecular flexibility index (Phi) is 20.0. The molecule has 3 aromatic carbocycles. The van der Waals surface area contributed by atoms with Crippen LogP contribution >= 0.6 is 0 Å². The van der Waals surface area contributed by atoms with Gasteiger partial charge in [0, 0.05) is 38.7 Å². The molecule has 278 valence electrons. The molecule has 1 heterocycles. The van der Waals surface area contributed by atoms with E-state index in [4.69, 9.17) is 20.5 Å². The lowest BCUT2D eigenvalue weighted by atomic mass is 9.89. The predicted octanol–water partition coefficient (Wildman–Crippen LogP) is 7.68. The maximum absolute atomic E-state index is 13.7. The van der Waals surface area contributed by atoms with Crippen LogP contribution in [0.25, 0.3) is 0 Å². The van der Waals surface area contributed by atoms with Gasteiger partial charge in [-0.15, -0.1) is 0 Å². The molecule has 51 heavy (non-hydrogen) atoms. The van der Waals surface area contributed by atoms with Crippen LogP contribution in [0.15, 0.2) is 48.5 Å². The Morgan fingerprint density at radius 2 is 1.84 bits per heavy atom.